The van der Waals surface area contributed by atoms with E-state index in [4.69, 9.17) is 4.74 Å². The average Bonchev–Trinajstić information content (AvgIpc) is 2.81. The normalized spacial score (nSPS) is 30.1. The van der Waals surface area contributed by atoms with Crippen LogP contribution in [0.25, 0.3) is 0 Å². The fourth-order valence-electron chi connectivity index (χ4n) is 1.61. The first-order valence-corrected chi connectivity index (χ1v) is 4.79. The Morgan fingerprint density at radius 1 is 1.36 bits per heavy atom. The minimum Gasteiger partial charge on any atom is -0.353 e. The largest absolute Gasteiger partial charge is 0.353 e. The van der Waals surface area contributed by atoms with Crippen molar-refractivity contribution in [1.29, 1.82) is 0 Å². The zero-order valence-corrected chi connectivity index (χ0v) is 8.70. The van der Waals surface area contributed by atoms with Crippen LogP contribution in [-0.2, 0) is 9.53 Å². The zero-order valence-electron chi connectivity index (χ0n) is 8.70. The Hall–Kier alpha value is -1.15. The third-order valence-electron chi connectivity index (χ3n) is 2.88. The van der Waals surface area contributed by atoms with Crippen molar-refractivity contribution in [3.05, 3.63) is 35.4 Å². The number of carbonyl (C=O) groups is 1. The van der Waals surface area contributed by atoms with E-state index in [9.17, 15) is 4.79 Å². The number of hydrogen-bond acceptors (Lipinski definition) is 2. The second kappa shape index (κ2) is 2.92. The molecule has 2 heteroatoms. The SMILES string of the molecule is CC(=O)[C@]1(C)O[C@@H]1c1ccc(C)cc1. The summed E-state index contributed by atoms with van der Waals surface area (Å²) >= 11 is 0. The van der Waals surface area contributed by atoms with Gasteiger partial charge in [-0.2, -0.15) is 0 Å². The highest BCUT2D eigenvalue weighted by atomic mass is 16.6. The third-order valence-corrected chi connectivity index (χ3v) is 2.88. The Kier molecular flexibility index (Phi) is 1.96. The molecule has 0 radical (unpaired) electrons. The number of ketones is 1. The predicted molar refractivity (Wildman–Crippen MR) is 54.1 cm³/mol. The summed E-state index contributed by atoms with van der Waals surface area (Å²) in [5.74, 6) is 0.100. The second-order valence-corrected chi connectivity index (χ2v) is 4.07. The molecule has 1 fully saturated rings. The first-order valence-electron chi connectivity index (χ1n) is 4.79. The van der Waals surface area contributed by atoms with Crippen LogP contribution in [-0.4, -0.2) is 11.4 Å². The van der Waals surface area contributed by atoms with Gasteiger partial charge in [-0.05, 0) is 26.3 Å². The number of aryl methyl sites for hydroxylation is 1. The van der Waals surface area contributed by atoms with Gasteiger partial charge in [0.25, 0.3) is 0 Å². The van der Waals surface area contributed by atoms with Crippen molar-refractivity contribution < 1.29 is 9.53 Å². The fraction of sp³-hybridized carbons (Fsp3) is 0.417. The molecule has 14 heavy (non-hydrogen) atoms. The van der Waals surface area contributed by atoms with Gasteiger partial charge in [-0.3, -0.25) is 4.79 Å². The molecule has 0 aromatic heterocycles. The van der Waals surface area contributed by atoms with Gasteiger partial charge in [0.1, 0.15) is 6.10 Å². The van der Waals surface area contributed by atoms with Crippen LogP contribution in [0.1, 0.15) is 31.1 Å². The molecule has 0 saturated carbocycles. The Morgan fingerprint density at radius 3 is 2.36 bits per heavy atom. The number of ether oxygens (including phenoxy) is 1. The molecule has 0 N–H and O–H groups in total. The van der Waals surface area contributed by atoms with Crippen LogP contribution in [0, 0.1) is 6.92 Å². The lowest BCUT2D eigenvalue weighted by Crippen LogP contribution is -2.17. The molecule has 0 aliphatic carbocycles. The van der Waals surface area contributed by atoms with Crippen molar-refractivity contribution in [2.45, 2.75) is 32.5 Å². The quantitative estimate of drug-likeness (QED) is 0.670. The van der Waals surface area contributed by atoms with Gasteiger partial charge in [0.2, 0.25) is 0 Å². The van der Waals surface area contributed by atoms with E-state index in [2.05, 4.69) is 0 Å². The summed E-state index contributed by atoms with van der Waals surface area (Å²) in [5, 5.41) is 0. The number of hydrogen-bond donors (Lipinski definition) is 0. The first-order chi connectivity index (χ1) is 6.54. The van der Waals surface area contributed by atoms with Gasteiger partial charge in [-0.25, -0.2) is 0 Å². The third kappa shape index (κ3) is 1.36. The molecule has 1 aliphatic heterocycles. The number of Topliss-reactive ketones (excluding diaryl/α,β-unsaturated/α-hetero) is 1. The van der Waals surface area contributed by atoms with E-state index < -0.39 is 5.60 Å². The average molecular weight is 190 g/mol. The van der Waals surface area contributed by atoms with E-state index >= 15 is 0 Å². The molecule has 0 amide bonds. The molecule has 2 rings (SSSR count). The van der Waals surface area contributed by atoms with E-state index in [1.807, 2.05) is 38.1 Å². The minimum absolute atomic E-state index is 0.0411. The summed E-state index contributed by atoms with van der Waals surface area (Å²) in [5.41, 5.74) is 1.74. The van der Waals surface area contributed by atoms with Crippen LogP contribution in [0.2, 0.25) is 0 Å². The maximum Gasteiger partial charge on any atom is 0.164 e. The number of rotatable bonds is 2. The topological polar surface area (TPSA) is 29.6 Å². The summed E-state index contributed by atoms with van der Waals surface area (Å²) in [6.07, 6.45) is -0.0411. The minimum atomic E-state index is -0.574. The molecule has 1 aromatic carbocycles. The van der Waals surface area contributed by atoms with Crippen LogP contribution >= 0.6 is 0 Å². The second-order valence-electron chi connectivity index (χ2n) is 4.07. The van der Waals surface area contributed by atoms with Crippen molar-refractivity contribution in [2.24, 2.45) is 0 Å². The van der Waals surface area contributed by atoms with Crippen LogP contribution < -0.4 is 0 Å². The van der Waals surface area contributed by atoms with Gasteiger partial charge in [-0.1, -0.05) is 29.8 Å². The molecule has 2 nitrogen and oxygen atoms in total. The van der Waals surface area contributed by atoms with Crippen molar-refractivity contribution in [3.8, 4) is 0 Å². The fourth-order valence-corrected chi connectivity index (χ4v) is 1.61. The van der Waals surface area contributed by atoms with E-state index in [0.29, 0.717) is 0 Å². The predicted octanol–water partition coefficient (Wildman–Crippen LogP) is 2.41. The molecule has 2 atom stereocenters. The van der Waals surface area contributed by atoms with Gasteiger partial charge in [0.15, 0.2) is 11.4 Å². The van der Waals surface area contributed by atoms with Crippen molar-refractivity contribution in [1.82, 2.24) is 0 Å². The molecular weight excluding hydrogens is 176 g/mol. The smallest absolute Gasteiger partial charge is 0.164 e. The van der Waals surface area contributed by atoms with E-state index in [1.54, 1.807) is 6.92 Å². The highest BCUT2D eigenvalue weighted by Crippen LogP contribution is 2.49. The molecule has 0 unspecified atom stereocenters. The zero-order chi connectivity index (χ0) is 10.3. The Bertz CT molecular complexity index is 366. The molecule has 74 valence electrons. The molecule has 0 bridgehead atoms. The summed E-state index contributed by atoms with van der Waals surface area (Å²) < 4.78 is 5.44. The number of carbonyl (C=O) groups excluding carboxylic acids is 1. The van der Waals surface area contributed by atoms with Gasteiger partial charge < -0.3 is 4.74 Å². The first kappa shape index (κ1) is 9.41. The summed E-state index contributed by atoms with van der Waals surface area (Å²) in [6.45, 7) is 5.47. The molecule has 1 saturated heterocycles. The standard InChI is InChI=1S/C12H14O2/c1-8-4-6-10(7-5-8)11-12(3,14-11)9(2)13/h4-7,11H,1-3H3/t11-,12+/m1/s1. The van der Waals surface area contributed by atoms with Gasteiger partial charge in [0.05, 0.1) is 0 Å². The van der Waals surface area contributed by atoms with E-state index in [-0.39, 0.29) is 11.9 Å². The van der Waals surface area contributed by atoms with Crippen molar-refractivity contribution >= 4 is 5.78 Å². The Balaban J connectivity index is 2.21. The van der Waals surface area contributed by atoms with E-state index in [1.165, 1.54) is 5.56 Å². The maximum atomic E-state index is 11.3. The van der Waals surface area contributed by atoms with Crippen LogP contribution in [0.15, 0.2) is 24.3 Å². The molecule has 1 heterocycles. The van der Waals surface area contributed by atoms with E-state index in [0.717, 1.165) is 5.56 Å². The lowest BCUT2D eigenvalue weighted by molar-refractivity contribution is -0.121. The Morgan fingerprint density at radius 2 is 1.93 bits per heavy atom. The lowest BCUT2D eigenvalue weighted by Gasteiger charge is -2.00. The molecule has 1 aliphatic rings. The van der Waals surface area contributed by atoms with Gasteiger partial charge in [0, 0.05) is 0 Å². The van der Waals surface area contributed by atoms with Gasteiger partial charge in [-0.15, -0.1) is 0 Å². The Labute approximate surface area is 83.9 Å². The molecule has 0 spiro atoms. The highest BCUT2D eigenvalue weighted by molar-refractivity contribution is 5.88. The van der Waals surface area contributed by atoms with Gasteiger partial charge >= 0.3 is 0 Å². The summed E-state index contributed by atoms with van der Waals surface area (Å²) in [7, 11) is 0. The number of epoxide rings is 1. The lowest BCUT2D eigenvalue weighted by atomic mass is 9.97. The maximum absolute atomic E-state index is 11.3. The van der Waals surface area contributed by atoms with Crippen LogP contribution in [0.3, 0.4) is 0 Å². The number of benzene rings is 1. The summed E-state index contributed by atoms with van der Waals surface area (Å²) in [4.78, 5) is 11.3. The van der Waals surface area contributed by atoms with Crippen molar-refractivity contribution in [3.63, 3.8) is 0 Å². The molecular formula is C12H14O2. The summed E-state index contributed by atoms with van der Waals surface area (Å²) in [6, 6.07) is 8.12. The molecule has 1 aromatic rings. The van der Waals surface area contributed by atoms with Crippen molar-refractivity contribution in [2.75, 3.05) is 0 Å². The van der Waals surface area contributed by atoms with Crippen LogP contribution in [0.5, 0.6) is 0 Å². The van der Waals surface area contributed by atoms with Crippen LogP contribution in [0.4, 0.5) is 0 Å². The monoisotopic (exact) mass is 190 g/mol. The highest BCUT2D eigenvalue weighted by Gasteiger charge is 2.56.